The molecule has 1 saturated heterocycles. The molecule has 3 nitrogen and oxygen atoms in total. The molecular formula is C6H9ClO3. The molecule has 1 fully saturated rings. The number of rotatable bonds is 2. The molecule has 0 aromatic heterocycles. The third kappa shape index (κ3) is 2.15. The van der Waals surface area contributed by atoms with E-state index in [9.17, 15) is 4.79 Å². The lowest BCUT2D eigenvalue weighted by Gasteiger charge is -2.04. The first-order valence-electron chi connectivity index (χ1n) is 3.26. The van der Waals surface area contributed by atoms with Crippen LogP contribution in [0.1, 0.15) is 19.3 Å². The molecule has 0 aromatic rings. The fraction of sp³-hybridized carbons (Fsp3) is 0.833. The van der Waals surface area contributed by atoms with Gasteiger partial charge in [0.05, 0.1) is 12.5 Å². The van der Waals surface area contributed by atoms with Crippen molar-refractivity contribution in [1.29, 1.82) is 0 Å². The van der Waals surface area contributed by atoms with Crippen LogP contribution in [0, 0.1) is 0 Å². The number of ether oxygens (including phenoxy) is 1. The predicted molar refractivity (Wildman–Crippen MR) is 35.5 cm³/mol. The normalized spacial score (nSPS) is 24.7. The minimum absolute atomic E-state index is 0.0336. The molecule has 0 amide bonds. The zero-order valence-corrected chi connectivity index (χ0v) is 6.26. The van der Waals surface area contributed by atoms with E-state index in [-0.39, 0.29) is 12.5 Å². The summed E-state index contributed by atoms with van der Waals surface area (Å²) in [7, 11) is 0. The molecule has 10 heavy (non-hydrogen) atoms. The second kappa shape index (κ2) is 3.78. The first-order chi connectivity index (χ1) is 4.83. The molecule has 1 unspecified atom stereocenters. The van der Waals surface area contributed by atoms with Crippen LogP contribution in [0.5, 0.6) is 0 Å². The smallest absolute Gasteiger partial charge is 0.327 e. The van der Waals surface area contributed by atoms with Gasteiger partial charge in [0.25, 0.3) is 0 Å². The van der Waals surface area contributed by atoms with Crippen molar-refractivity contribution in [3.63, 3.8) is 0 Å². The van der Waals surface area contributed by atoms with Crippen molar-refractivity contribution in [2.75, 3.05) is 6.61 Å². The second-order valence-corrected chi connectivity index (χ2v) is 2.44. The molecule has 58 valence electrons. The molecule has 4 heteroatoms. The highest BCUT2D eigenvalue weighted by Crippen LogP contribution is 2.15. The SMILES string of the molecule is O=C(CC1CCCO1)OCl. The fourth-order valence-electron chi connectivity index (χ4n) is 1.02. The third-order valence-corrected chi connectivity index (χ3v) is 1.68. The Morgan fingerprint density at radius 1 is 1.80 bits per heavy atom. The molecule has 1 heterocycles. The van der Waals surface area contributed by atoms with Crippen LogP contribution >= 0.6 is 11.9 Å². The Balaban J connectivity index is 2.17. The molecule has 0 radical (unpaired) electrons. The van der Waals surface area contributed by atoms with Gasteiger partial charge in [-0.15, -0.1) is 0 Å². The summed E-state index contributed by atoms with van der Waals surface area (Å²) in [5.74, 6) is -0.409. The predicted octanol–water partition coefficient (Wildman–Crippen LogP) is 1.25. The Bertz CT molecular complexity index is 120. The van der Waals surface area contributed by atoms with Crippen molar-refractivity contribution in [3.8, 4) is 0 Å². The highest BCUT2D eigenvalue weighted by atomic mass is 35.5. The Hall–Kier alpha value is -0.280. The summed E-state index contributed by atoms with van der Waals surface area (Å²) in [5.41, 5.74) is 0. The lowest BCUT2D eigenvalue weighted by Crippen LogP contribution is -2.11. The summed E-state index contributed by atoms with van der Waals surface area (Å²) in [6.07, 6.45) is 2.28. The van der Waals surface area contributed by atoms with E-state index in [1.54, 1.807) is 0 Å². The van der Waals surface area contributed by atoms with Crippen molar-refractivity contribution in [2.45, 2.75) is 25.4 Å². The summed E-state index contributed by atoms with van der Waals surface area (Å²) in [6, 6.07) is 0. The minimum Gasteiger partial charge on any atom is -0.378 e. The molecular weight excluding hydrogens is 156 g/mol. The van der Waals surface area contributed by atoms with Gasteiger partial charge in [-0.25, -0.2) is 0 Å². The van der Waals surface area contributed by atoms with Crippen LogP contribution in [0.2, 0.25) is 0 Å². The maximum Gasteiger partial charge on any atom is 0.327 e. The van der Waals surface area contributed by atoms with Crippen LogP contribution < -0.4 is 0 Å². The van der Waals surface area contributed by atoms with Gasteiger partial charge in [0.15, 0.2) is 0 Å². The van der Waals surface area contributed by atoms with E-state index in [4.69, 9.17) is 16.6 Å². The van der Waals surface area contributed by atoms with E-state index in [1.165, 1.54) is 0 Å². The maximum absolute atomic E-state index is 10.5. The fourth-order valence-corrected chi connectivity index (χ4v) is 1.09. The summed E-state index contributed by atoms with van der Waals surface area (Å²) < 4.78 is 9.13. The first-order valence-corrected chi connectivity index (χ1v) is 3.57. The monoisotopic (exact) mass is 164 g/mol. The molecule has 0 N–H and O–H groups in total. The molecule has 0 aromatic carbocycles. The van der Waals surface area contributed by atoms with Crippen LogP contribution in [0.15, 0.2) is 0 Å². The summed E-state index contributed by atoms with van der Waals surface area (Å²) in [4.78, 5) is 10.5. The van der Waals surface area contributed by atoms with E-state index in [2.05, 4.69) is 4.29 Å². The van der Waals surface area contributed by atoms with Crippen molar-refractivity contribution in [2.24, 2.45) is 0 Å². The number of hydrogen-bond donors (Lipinski definition) is 0. The van der Waals surface area contributed by atoms with Crippen LogP contribution in [-0.4, -0.2) is 18.7 Å². The molecule has 1 aliphatic rings. The van der Waals surface area contributed by atoms with Gasteiger partial charge in [0.2, 0.25) is 0 Å². The Morgan fingerprint density at radius 2 is 2.60 bits per heavy atom. The van der Waals surface area contributed by atoms with E-state index in [1.807, 2.05) is 0 Å². The van der Waals surface area contributed by atoms with Crippen LogP contribution in [0.25, 0.3) is 0 Å². The standard InChI is InChI=1S/C6H9ClO3/c7-10-6(8)4-5-2-1-3-9-5/h5H,1-4H2. The molecule has 1 rings (SSSR count). The van der Waals surface area contributed by atoms with E-state index in [0.29, 0.717) is 0 Å². The van der Waals surface area contributed by atoms with Gasteiger partial charge < -0.3 is 9.03 Å². The van der Waals surface area contributed by atoms with Gasteiger partial charge >= 0.3 is 5.97 Å². The van der Waals surface area contributed by atoms with E-state index >= 15 is 0 Å². The average Bonchev–Trinajstić information content (AvgIpc) is 2.40. The van der Waals surface area contributed by atoms with Gasteiger partial charge in [-0.05, 0) is 12.8 Å². The molecule has 1 atom stereocenters. The Kier molecular flexibility index (Phi) is 2.96. The zero-order chi connectivity index (χ0) is 7.40. The summed E-state index contributed by atoms with van der Waals surface area (Å²) in [5, 5.41) is 0. The van der Waals surface area contributed by atoms with Gasteiger partial charge in [-0.2, -0.15) is 0 Å². The van der Waals surface area contributed by atoms with Crippen LogP contribution in [-0.2, 0) is 13.8 Å². The molecule has 0 bridgehead atoms. The first kappa shape index (κ1) is 7.82. The molecule has 0 saturated carbocycles. The van der Waals surface area contributed by atoms with Crippen LogP contribution in [0.4, 0.5) is 0 Å². The van der Waals surface area contributed by atoms with Crippen LogP contribution in [0.3, 0.4) is 0 Å². The van der Waals surface area contributed by atoms with Gasteiger partial charge in [0, 0.05) is 6.61 Å². The summed E-state index contributed by atoms with van der Waals surface area (Å²) >= 11 is 4.83. The number of hydrogen-bond acceptors (Lipinski definition) is 3. The molecule has 0 aliphatic carbocycles. The van der Waals surface area contributed by atoms with Crippen molar-refractivity contribution < 1.29 is 13.8 Å². The maximum atomic E-state index is 10.5. The van der Waals surface area contributed by atoms with Crippen molar-refractivity contribution in [3.05, 3.63) is 0 Å². The third-order valence-electron chi connectivity index (χ3n) is 1.50. The van der Waals surface area contributed by atoms with Crippen molar-refractivity contribution in [1.82, 2.24) is 0 Å². The quantitative estimate of drug-likeness (QED) is 0.616. The van der Waals surface area contributed by atoms with E-state index < -0.39 is 5.97 Å². The second-order valence-electron chi connectivity index (χ2n) is 2.29. The number of carbonyl (C=O) groups excluding carboxylic acids is 1. The lowest BCUT2D eigenvalue weighted by molar-refractivity contribution is -0.136. The largest absolute Gasteiger partial charge is 0.378 e. The minimum atomic E-state index is -0.409. The summed E-state index contributed by atoms with van der Waals surface area (Å²) in [6.45, 7) is 0.750. The molecule has 1 aliphatic heterocycles. The highest BCUT2D eigenvalue weighted by Gasteiger charge is 2.19. The topological polar surface area (TPSA) is 35.5 Å². The van der Waals surface area contributed by atoms with E-state index in [0.717, 1.165) is 19.4 Å². The van der Waals surface area contributed by atoms with Gasteiger partial charge in [-0.1, -0.05) is 0 Å². The zero-order valence-electron chi connectivity index (χ0n) is 5.51. The Labute approximate surface area is 64.4 Å². The molecule has 0 spiro atoms. The Morgan fingerprint density at radius 3 is 3.10 bits per heavy atom. The van der Waals surface area contributed by atoms with Gasteiger partial charge in [0.1, 0.15) is 11.9 Å². The van der Waals surface area contributed by atoms with Crippen molar-refractivity contribution >= 4 is 17.8 Å². The average molecular weight is 165 g/mol. The highest BCUT2D eigenvalue weighted by molar-refractivity contribution is 6.13. The number of halogens is 1. The lowest BCUT2D eigenvalue weighted by atomic mass is 10.2. The number of carbonyl (C=O) groups is 1. The van der Waals surface area contributed by atoms with Gasteiger partial charge in [-0.3, -0.25) is 4.79 Å².